The first-order chi connectivity index (χ1) is 16.1. The topological polar surface area (TPSA) is 86.6 Å². The second kappa shape index (κ2) is 9.78. The van der Waals surface area contributed by atoms with E-state index in [0.29, 0.717) is 26.6 Å². The van der Waals surface area contributed by atoms with Crippen LogP contribution in [0.15, 0.2) is 23.0 Å². The Morgan fingerprint density at radius 2 is 1.91 bits per heavy atom. The molecular weight excluding hydrogens is 452 g/mol. The molecule has 0 bridgehead atoms. The number of carbonyl (C=O) groups is 2. The highest BCUT2D eigenvalue weighted by atomic mass is 32.1. The molecule has 1 aliphatic heterocycles. The lowest BCUT2D eigenvalue weighted by molar-refractivity contribution is -0.123. The van der Waals surface area contributed by atoms with Crippen molar-refractivity contribution in [3.8, 4) is 11.5 Å². The first kappa shape index (κ1) is 24.3. The molecule has 1 fully saturated rings. The summed E-state index contributed by atoms with van der Waals surface area (Å²) in [5, 5.41) is 3.11. The Morgan fingerprint density at radius 3 is 2.65 bits per heavy atom. The zero-order valence-corrected chi connectivity index (χ0v) is 21.0. The summed E-state index contributed by atoms with van der Waals surface area (Å²) in [4.78, 5) is 39.0. The number of nitrogens with zero attached hydrogens (tertiary/aromatic N) is 1. The van der Waals surface area contributed by atoms with Crippen LogP contribution in [0.3, 0.4) is 0 Å². The predicted molar refractivity (Wildman–Crippen MR) is 132 cm³/mol. The largest absolute Gasteiger partial charge is 0.454 e. The summed E-state index contributed by atoms with van der Waals surface area (Å²) >= 11 is 1.21. The van der Waals surface area contributed by atoms with Crippen molar-refractivity contribution in [2.75, 3.05) is 6.79 Å². The number of thiazole rings is 1. The van der Waals surface area contributed by atoms with E-state index in [0.717, 1.165) is 24.8 Å². The van der Waals surface area contributed by atoms with Gasteiger partial charge in [-0.25, -0.2) is 0 Å². The lowest BCUT2D eigenvalue weighted by atomic mass is 9.86. The summed E-state index contributed by atoms with van der Waals surface area (Å²) < 4.78 is 13.1. The maximum absolute atomic E-state index is 13.3. The van der Waals surface area contributed by atoms with Gasteiger partial charge >= 0.3 is 0 Å². The summed E-state index contributed by atoms with van der Waals surface area (Å²) in [7, 11) is 0. The normalized spacial score (nSPS) is 21.1. The SMILES string of the molecule is CC1CCCCC1NC(=O)Cn1c(=O)/c(=C/c2ccc3c(c2)OCO3)s/c1=C/C(=O)C(C)(C)C. The third-order valence-electron chi connectivity index (χ3n) is 6.38. The molecule has 2 aliphatic rings. The molecule has 2 heterocycles. The lowest BCUT2D eigenvalue weighted by Crippen LogP contribution is -2.45. The molecule has 0 radical (unpaired) electrons. The Labute approximate surface area is 203 Å². The van der Waals surface area contributed by atoms with E-state index in [-0.39, 0.29) is 36.6 Å². The van der Waals surface area contributed by atoms with Crippen LogP contribution >= 0.6 is 11.3 Å². The average Bonchev–Trinajstić information content (AvgIpc) is 3.35. The van der Waals surface area contributed by atoms with Gasteiger partial charge in [0.25, 0.3) is 5.56 Å². The average molecular weight is 485 g/mol. The molecule has 4 rings (SSSR count). The fraction of sp³-hybridized carbons (Fsp3) is 0.500. The Balaban J connectivity index is 1.70. The predicted octanol–water partition coefficient (Wildman–Crippen LogP) is 2.56. The number of aromatic nitrogens is 1. The fourth-order valence-corrected chi connectivity index (χ4v) is 5.24. The van der Waals surface area contributed by atoms with Gasteiger partial charge in [0.15, 0.2) is 17.3 Å². The van der Waals surface area contributed by atoms with E-state index in [1.165, 1.54) is 28.4 Å². The molecule has 0 spiro atoms. The van der Waals surface area contributed by atoms with Gasteiger partial charge in [-0.05, 0) is 42.5 Å². The number of rotatable bonds is 5. The molecule has 2 unspecified atom stereocenters. The summed E-state index contributed by atoms with van der Waals surface area (Å²) in [6, 6.07) is 5.58. The van der Waals surface area contributed by atoms with Crippen molar-refractivity contribution in [2.45, 2.75) is 66.0 Å². The van der Waals surface area contributed by atoms with Crippen molar-refractivity contribution in [3.63, 3.8) is 0 Å². The standard InChI is InChI=1S/C26H32N2O5S/c1-16-7-5-6-8-18(16)27-23(30)14-28-24(13-22(29)26(2,3)4)34-21(25(28)31)12-17-9-10-19-20(11-17)33-15-32-19/h9-13,16,18H,5-8,14-15H2,1-4H3,(H,27,30)/b21-12-,24-13+. The van der Waals surface area contributed by atoms with Gasteiger partial charge < -0.3 is 14.8 Å². The number of carbonyl (C=O) groups excluding carboxylic acids is 2. The molecule has 1 amide bonds. The Kier molecular flexibility index (Phi) is 6.98. The fourth-order valence-electron chi connectivity index (χ4n) is 4.20. The van der Waals surface area contributed by atoms with Crippen molar-refractivity contribution in [3.05, 3.63) is 43.3 Å². The van der Waals surface area contributed by atoms with E-state index in [1.807, 2.05) is 32.9 Å². The highest BCUT2D eigenvalue weighted by molar-refractivity contribution is 7.07. The summed E-state index contributed by atoms with van der Waals surface area (Å²) in [5.74, 6) is 1.41. The minimum absolute atomic E-state index is 0.0987. The zero-order chi connectivity index (χ0) is 24.5. The van der Waals surface area contributed by atoms with E-state index in [4.69, 9.17) is 9.47 Å². The minimum atomic E-state index is -0.591. The van der Waals surface area contributed by atoms with Crippen LogP contribution in [0.5, 0.6) is 11.5 Å². The molecule has 7 nitrogen and oxygen atoms in total. The van der Waals surface area contributed by atoms with Crippen LogP contribution < -0.4 is 29.5 Å². The van der Waals surface area contributed by atoms with E-state index >= 15 is 0 Å². The number of Topliss-reactive ketones (excluding diaryl/α,β-unsaturated/α-hetero) is 1. The van der Waals surface area contributed by atoms with Gasteiger partial charge in [0, 0.05) is 17.5 Å². The lowest BCUT2D eigenvalue weighted by Gasteiger charge is -2.29. The highest BCUT2D eigenvalue weighted by Crippen LogP contribution is 2.32. The van der Waals surface area contributed by atoms with Gasteiger partial charge in [-0.15, -0.1) is 11.3 Å². The number of nitrogens with one attached hydrogen (secondary N) is 1. The van der Waals surface area contributed by atoms with Crippen LogP contribution in [0.25, 0.3) is 12.2 Å². The van der Waals surface area contributed by atoms with Crippen LogP contribution in [0, 0.1) is 11.3 Å². The van der Waals surface area contributed by atoms with Gasteiger partial charge in [-0.3, -0.25) is 19.0 Å². The summed E-state index contributed by atoms with van der Waals surface area (Å²) in [6.45, 7) is 7.71. The molecule has 8 heteroatoms. The van der Waals surface area contributed by atoms with Gasteiger partial charge in [-0.1, -0.05) is 46.6 Å². The van der Waals surface area contributed by atoms with Gasteiger partial charge in [0.2, 0.25) is 12.7 Å². The summed E-state index contributed by atoms with van der Waals surface area (Å²) in [6.07, 6.45) is 7.57. The van der Waals surface area contributed by atoms with Crippen LogP contribution in [0.1, 0.15) is 58.9 Å². The molecule has 0 saturated heterocycles. The van der Waals surface area contributed by atoms with Crippen molar-refractivity contribution in [1.82, 2.24) is 9.88 Å². The van der Waals surface area contributed by atoms with Crippen molar-refractivity contribution < 1.29 is 19.1 Å². The van der Waals surface area contributed by atoms with Crippen LogP contribution in [0.4, 0.5) is 0 Å². The van der Waals surface area contributed by atoms with Crippen LogP contribution in [-0.2, 0) is 16.1 Å². The maximum atomic E-state index is 13.3. The number of ketones is 1. The number of amides is 1. The third kappa shape index (κ3) is 5.43. The van der Waals surface area contributed by atoms with Crippen LogP contribution in [-0.4, -0.2) is 29.1 Å². The summed E-state index contributed by atoms with van der Waals surface area (Å²) in [5.41, 5.74) is -0.0994. The maximum Gasteiger partial charge on any atom is 0.269 e. The molecule has 182 valence electrons. The molecule has 1 aliphatic carbocycles. The van der Waals surface area contributed by atoms with Crippen LogP contribution in [0.2, 0.25) is 0 Å². The highest BCUT2D eigenvalue weighted by Gasteiger charge is 2.24. The minimum Gasteiger partial charge on any atom is -0.454 e. The molecule has 1 saturated carbocycles. The number of benzene rings is 1. The smallest absolute Gasteiger partial charge is 0.269 e. The monoisotopic (exact) mass is 484 g/mol. The molecule has 2 atom stereocenters. The number of fused-ring (bicyclic) bond motifs is 1. The molecule has 1 N–H and O–H groups in total. The third-order valence-corrected chi connectivity index (χ3v) is 7.44. The van der Waals surface area contributed by atoms with Crippen molar-refractivity contribution >= 4 is 35.2 Å². The second-order valence-electron chi connectivity index (χ2n) is 10.1. The quantitative estimate of drug-likeness (QED) is 0.705. The van der Waals surface area contributed by atoms with E-state index < -0.39 is 5.41 Å². The van der Waals surface area contributed by atoms with E-state index in [9.17, 15) is 14.4 Å². The number of hydrogen-bond donors (Lipinski definition) is 1. The van der Waals surface area contributed by atoms with E-state index in [2.05, 4.69) is 12.2 Å². The first-order valence-corrected chi connectivity index (χ1v) is 12.6. The van der Waals surface area contributed by atoms with Gasteiger partial charge in [-0.2, -0.15) is 0 Å². The Hall–Kier alpha value is -2.87. The Bertz CT molecular complexity index is 1270. The van der Waals surface area contributed by atoms with Gasteiger partial charge in [0.1, 0.15) is 11.2 Å². The second-order valence-corrected chi connectivity index (χ2v) is 11.2. The molecule has 34 heavy (non-hydrogen) atoms. The van der Waals surface area contributed by atoms with Crippen molar-refractivity contribution in [1.29, 1.82) is 0 Å². The van der Waals surface area contributed by atoms with Crippen molar-refractivity contribution in [2.24, 2.45) is 11.3 Å². The first-order valence-electron chi connectivity index (χ1n) is 11.8. The number of hydrogen-bond acceptors (Lipinski definition) is 6. The molecular formula is C26H32N2O5S. The Morgan fingerprint density at radius 1 is 1.18 bits per heavy atom. The van der Waals surface area contributed by atoms with Gasteiger partial charge in [0.05, 0.1) is 4.53 Å². The molecule has 2 aromatic rings. The molecule has 1 aromatic heterocycles. The van der Waals surface area contributed by atoms with E-state index in [1.54, 1.807) is 12.1 Å². The zero-order valence-electron chi connectivity index (χ0n) is 20.2. The number of ether oxygens (including phenoxy) is 2. The molecule has 1 aromatic carbocycles.